The van der Waals surface area contributed by atoms with Gasteiger partial charge in [0.15, 0.2) is 0 Å². The molecule has 63 heavy (non-hydrogen) atoms. The molecule has 0 N–H and O–H groups in total. The van der Waals surface area contributed by atoms with E-state index >= 15 is 0 Å². The number of anilines is 3. The van der Waals surface area contributed by atoms with Crippen LogP contribution in [0.3, 0.4) is 0 Å². The molecular weight excluding hydrogens is 759 g/mol. The van der Waals surface area contributed by atoms with Crippen molar-refractivity contribution >= 4 is 70.9 Å². The standard InChI is InChI=1S/C62H41N/c1-4-15-53-44(11-1)14-9-20-54(53)46-25-23-42(24-26-46)43-27-34-50(35-28-43)63(51-36-29-47(30-37-51)56-21-10-22-59-55-16-5-2-12-45(55)33-40-61(56)59)52-38-31-48(32-39-52)62-41-49-13-3-6-17-57(49)58-18-7-8-19-60(58)62/h1-41H. The number of benzene rings is 12. The van der Waals surface area contributed by atoms with Crippen LogP contribution in [0.4, 0.5) is 17.1 Å². The van der Waals surface area contributed by atoms with Gasteiger partial charge in [-0.25, -0.2) is 0 Å². The van der Waals surface area contributed by atoms with Crippen LogP contribution in [0.1, 0.15) is 0 Å². The number of nitrogens with zero attached hydrogens (tertiary/aromatic N) is 1. The van der Waals surface area contributed by atoms with Crippen LogP contribution in [-0.2, 0) is 0 Å². The Bertz CT molecular complexity index is 3630. The average Bonchev–Trinajstić information content (AvgIpc) is 3.36. The zero-order valence-electron chi connectivity index (χ0n) is 34.6. The predicted octanol–water partition coefficient (Wildman–Crippen LogP) is 17.6. The van der Waals surface area contributed by atoms with Gasteiger partial charge >= 0.3 is 0 Å². The molecule has 0 saturated heterocycles. The highest BCUT2D eigenvalue weighted by Gasteiger charge is 2.16. The molecule has 12 rings (SSSR count). The van der Waals surface area contributed by atoms with Gasteiger partial charge in [0, 0.05) is 17.1 Å². The maximum atomic E-state index is 2.37. The molecule has 0 heterocycles. The van der Waals surface area contributed by atoms with Crippen molar-refractivity contribution in [1.29, 1.82) is 0 Å². The number of hydrogen-bond acceptors (Lipinski definition) is 1. The molecule has 1 heteroatoms. The third kappa shape index (κ3) is 6.50. The van der Waals surface area contributed by atoms with E-state index in [0.29, 0.717) is 0 Å². The molecule has 1 nitrogen and oxygen atoms in total. The fourth-order valence-corrected chi connectivity index (χ4v) is 9.73. The number of rotatable bonds is 7. The Hall–Kier alpha value is -8.26. The third-order valence-corrected chi connectivity index (χ3v) is 12.9. The van der Waals surface area contributed by atoms with Crippen LogP contribution in [0.25, 0.3) is 98.4 Å². The van der Waals surface area contributed by atoms with E-state index in [0.717, 1.165) is 17.1 Å². The summed E-state index contributed by atoms with van der Waals surface area (Å²) in [6.45, 7) is 0. The van der Waals surface area contributed by atoms with Gasteiger partial charge in [0.1, 0.15) is 0 Å². The second-order valence-corrected chi connectivity index (χ2v) is 16.5. The Morgan fingerprint density at radius 3 is 1.14 bits per heavy atom. The van der Waals surface area contributed by atoms with Crippen molar-refractivity contribution in [2.24, 2.45) is 0 Å². The van der Waals surface area contributed by atoms with Gasteiger partial charge in [-0.05, 0) is 141 Å². The SMILES string of the molecule is c1ccc2c(-c3ccc(-c4ccc(N(c5ccc(-c6cccc7c6ccc6ccccc67)cc5)c5ccc(-c6cc7ccccc7c7ccccc67)cc5)cc4)cc3)cccc2c1. The van der Waals surface area contributed by atoms with Gasteiger partial charge in [-0.3, -0.25) is 0 Å². The Balaban J connectivity index is 0.923. The Kier molecular flexibility index (Phi) is 8.90. The minimum atomic E-state index is 1.10. The summed E-state index contributed by atoms with van der Waals surface area (Å²) < 4.78 is 0. The minimum Gasteiger partial charge on any atom is -0.311 e. The largest absolute Gasteiger partial charge is 0.311 e. The molecule has 0 unspecified atom stereocenters. The first kappa shape index (κ1) is 36.6. The molecule has 0 radical (unpaired) electrons. The molecule has 0 aromatic heterocycles. The lowest BCUT2D eigenvalue weighted by atomic mass is 9.93. The predicted molar refractivity (Wildman–Crippen MR) is 270 cm³/mol. The first-order valence-corrected chi connectivity index (χ1v) is 21.7. The fraction of sp³-hybridized carbons (Fsp3) is 0. The van der Waals surface area contributed by atoms with Crippen molar-refractivity contribution in [3.8, 4) is 44.5 Å². The van der Waals surface area contributed by atoms with E-state index in [-0.39, 0.29) is 0 Å². The number of fused-ring (bicyclic) bond motifs is 7. The van der Waals surface area contributed by atoms with Crippen molar-refractivity contribution in [1.82, 2.24) is 0 Å². The normalized spacial score (nSPS) is 11.5. The molecule has 12 aromatic rings. The molecule has 0 aliphatic rings. The summed E-state index contributed by atoms with van der Waals surface area (Å²) in [7, 11) is 0. The van der Waals surface area contributed by atoms with Crippen LogP contribution in [0.2, 0.25) is 0 Å². The molecule has 0 spiro atoms. The van der Waals surface area contributed by atoms with Crippen molar-refractivity contribution in [3.05, 3.63) is 249 Å². The zero-order chi connectivity index (χ0) is 41.7. The molecule has 0 amide bonds. The van der Waals surface area contributed by atoms with Crippen LogP contribution in [0, 0.1) is 0 Å². The summed E-state index contributed by atoms with van der Waals surface area (Å²) in [6.07, 6.45) is 0. The van der Waals surface area contributed by atoms with Gasteiger partial charge in [0.25, 0.3) is 0 Å². The molecule has 0 aliphatic carbocycles. The lowest BCUT2D eigenvalue weighted by Crippen LogP contribution is -2.09. The van der Waals surface area contributed by atoms with Crippen molar-refractivity contribution in [2.75, 3.05) is 4.90 Å². The third-order valence-electron chi connectivity index (χ3n) is 12.9. The summed E-state index contributed by atoms with van der Waals surface area (Å²) in [5.74, 6) is 0. The van der Waals surface area contributed by atoms with E-state index in [1.807, 2.05) is 0 Å². The van der Waals surface area contributed by atoms with Gasteiger partial charge in [-0.1, -0.05) is 206 Å². The lowest BCUT2D eigenvalue weighted by Gasteiger charge is -2.26. The van der Waals surface area contributed by atoms with Gasteiger partial charge in [-0.2, -0.15) is 0 Å². The van der Waals surface area contributed by atoms with E-state index in [9.17, 15) is 0 Å². The molecular formula is C62H41N. The summed E-state index contributed by atoms with van der Waals surface area (Å²) >= 11 is 0. The van der Waals surface area contributed by atoms with Crippen LogP contribution in [0.5, 0.6) is 0 Å². The molecule has 294 valence electrons. The smallest absolute Gasteiger partial charge is 0.0462 e. The highest BCUT2D eigenvalue weighted by molar-refractivity contribution is 6.14. The number of hydrogen-bond donors (Lipinski definition) is 0. The van der Waals surface area contributed by atoms with Crippen LogP contribution in [0.15, 0.2) is 249 Å². The summed E-state index contributed by atoms with van der Waals surface area (Å²) in [4.78, 5) is 2.37. The molecule has 0 saturated carbocycles. The van der Waals surface area contributed by atoms with Crippen molar-refractivity contribution in [2.45, 2.75) is 0 Å². The zero-order valence-corrected chi connectivity index (χ0v) is 34.6. The van der Waals surface area contributed by atoms with Crippen molar-refractivity contribution < 1.29 is 0 Å². The first-order valence-electron chi connectivity index (χ1n) is 21.7. The summed E-state index contributed by atoms with van der Waals surface area (Å²) in [5, 5.41) is 12.7. The van der Waals surface area contributed by atoms with E-state index in [4.69, 9.17) is 0 Å². The van der Waals surface area contributed by atoms with Crippen LogP contribution < -0.4 is 4.90 Å². The van der Waals surface area contributed by atoms with Gasteiger partial charge in [0.2, 0.25) is 0 Å². The second-order valence-electron chi connectivity index (χ2n) is 16.5. The minimum absolute atomic E-state index is 1.10. The quantitative estimate of drug-likeness (QED) is 0.145. The topological polar surface area (TPSA) is 3.24 Å². The van der Waals surface area contributed by atoms with Crippen molar-refractivity contribution in [3.63, 3.8) is 0 Å². The van der Waals surface area contributed by atoms with Crippen LogP contribution >= 0.6 is 0 Å². The highest BCUT2D eigenvalue weighted by Crippen LogP contribution is 2.41. The summed E-state index contributed by atoms with van der Waals surface area (Å²) in [5.41, 5.74) is 13.0. The molecule has 0 fully saturated rings. The maximum absolute atomic E-state index is 2.37. The second kappa shape index (κ2) is 15.3. The lowest BCUT2D eigenvalue weighted by molar-refractivity contribution is 1.28. The first-order chi connectivity index (χ1) is 31.2. The fourth-order valence-electron chi connectivity index (χ4n) is 9.73. The van der Waals surface area contributed by atoms with Gasteiger partial charge < -0.3 is 4.90 Å². The summed E-state index contributed by atoms with van der Waals surface area (Å²) in [6, 6.07) is 90.9. The average molecular weight is 800 g/mol. The molecule has 0 atom stereocenters. The Morgan fingerprint density at radius 1 is 0.190 bits per heavy atom. The van der Waals surface area contributed by atoms with Crippen LogP contribution in [-0.4, -0.2) is 0 Å². The molecule has 0 aliphatic heterocycles. The Morgan fingerprint density at radius 2 is 0.540 bits per heavy atom. The maximum Gasteiger partial charge on any atom is 0.0462 e. The van der Waals surface area contributed by atoms with E-state index in [1.165, 1.54) is 98.4 Å². The van der Waals surface area contributed by atoms with E-state index in [1.54, 1.807) is 0 Å². The van der Waals surface area contributed by atoms with E-state index < -0.39 is 0 Å². The Labute approximate surface area is 367 Å². The highest BCUT2D eigenvalue weighted by atomic mass is 15.1. The van der Waals surface area contributed by atoms with Gasteiger partial charge in [0.05, 0.1) is 0 Å². The van der Waals surface area contributed by atoms with E-state index in [2.05, 4.69) is 254 Å². The molecule has 12 aromatic carbocycles. The molecule has 0 bridgehead atoms. The van der Waals surface area contributed by atoms with Gasteiger partial charge in [-0.15, -0.1) is 0 Å². The monoisotopic (exact) mass is 799 g/mol.